The van der Waals surface area contributed by atoms with Gasteiger partial charge in [0.1, 0.15) is 27.5 Å². The number of amidine groups is 1. The lowest BCUT2D eigenvalue weighted by Crippen LogP contribution is -2.67. The van der Waals surface area contributed by atoms with Crippen molar-refractivity contribution in [1.29, 1.82) is 0 Å². The van der Waals surface area contributed by atoms with Crippen molar-refractivity contribution in [3.63, 3.8) is 0 Å². The van der Waals surface area contributed by atoms with Crippen molar-refractivity contribution in [2.45, 2.75) is 62.5 Å². The van der Waals surface area contributed by atoms with E-state index in [4.69, 9.17) is 4.74 Å². The third-order valence-electron chi connectivity index (χ3n) is 5.12. The van der Waals surface area contributed by atoms with Crippen LogP contribution in [0.15, 0.2) is 27.7 Å². The van der Waals surface area contributed by atoms with Gasteiger partial charge in [0.2, 0.25) is 0 Å². The second kappa shape index (κ2) is 7.02. The summed E-state index contributed by atoms with van der Waals surface area (Å²) >= 11 is 3.27. The van der Waals surface area contributed by atoms with Crippen LogP contribution in [0.25, 0.3) is 0 Å². The molecule has 7 nitrogen and oxygen atoms in total. The third kappa shape index (κ3) is 4.06. The molecule has 0 aromatic heterocycles. The van der Waals surface area contributed by atoms with Crippen LogP contribution in [0.3, 0.4) is 0 Å². The molecule has 1 fully saturated rings. The zero-order chi connectivity index (χ0) is 21.8. The molecule has 1 aliphatic heterocycles. The summed E-state index contributed by atoms with van der Waals surface area (Å²) in [6.07, 6.45) is -1.84. The van der Waals surface area contributed by atoms with E-state index in [0.717, 1.165) is 0 Å². The lowest BCUT2D eigenvalue weighted by atomic mass is 9.79. The van der Waals surface area contributed by atoms with Crippen LogP contribution in [-0.2, 0) is 20.1 Å². The van der Waals surface area contributed by atoms with E-state index in [0.29, 0.717) is 4.47 Å². The Bertz CT molecular complexity index is 983. The van der Waals surface area contributed by atoms with Crippen LogP contribution < -0.4 is 5.32 Å². The zero-order valence-corrected chi connectivity index (χ0v) is 19.0. The van der Waals surface area contributed by atoms with E-state index in [2.05, 4.69) is 26.2 Å². The number of amides is 1. The highest BCUT2D eigenvalue weighted by Gasteiger charge is 2.62. The maximum atomic E-state index is 14.6. The minimum absolute atomic E-state index is 0.0823. The fourth-order valence-corrected chi connectivity index (χ4v) is 6.66. The molecule has 29 heavy (non-hydrogen) atoms. The summed E-state index contributed by atoms with van der Waals surface area (Å²) in [5.74, 6) is -1.17. The van der Waals surface area contributed by atoms with E-state index in [-0.39, 0.29) is 24.2 Å². The Kier molecular flexibility index (Phi) is 5.37. The van der Waals surface area contributed by atoms with Gasteiger partial charge in [0, 0.05) is 22.9 Å². The lowest BCUT2D eigenvalue weighted by molar-refractivity contribution is 0.0536. The quantitative estimate of drug-likeness (QED) is 0.629. The van der Waals surface area contributed by atoms with Gasteiger partial charge in [-0.1, -0.05) is 15.9 Å². The first-order chi connectivity index (χ1) is 13.2. The topological polar surface area (TPSA) is 105 Å². The van der Waals surface area contributed by atoms with E-state index in [1.165, 1.54) is 25.1 Å². The highest BCUT2D eigenvalue weighted by atomic mass is 79.9. The first-order valence-corrected chi connectivity index (χ1v) is 11.6. The molecule has 3 rings (SSSR count). The third-order valence-corrected chi connectivity index (χ3v) is 8.27. The number of aliphatic imine (C=N–C) groups is 1. The van der Waals surface area contributed by atoms with Crippen LogP contribution >= 0.6 is 15.9 Å². The van der Waals surface area contributed by atoms with E-state index in [1.54, 1.807) is 20.8 Å². The zero-order valence-electron chi connectivity index (χ0n) is 16.6. The molecule has 0 bridgehead atoms. The Morgan fingerprint density at radius 2 is 2.00 bits per heavy atom. The Hall–Kier alpha value is -1.52. The van der Waals surface area contributed by atoms with E-state index < -0.39 is 49.5 Å². The number of rotatable bonds is 1. The van der Waals surface area contributed by atoms with Crippen molar-refractivity contribution in [2.24, 2.45) is 4.99 Å². The molecule has 1 spiro atoms. The summed E-state index contributed by atoms with van der Waals surface area (Å²) in [4.78, 5) is 16.9. The van der Waals surface area contributed by atoms with Gasteiger partial charge in [0.25, 0.3) is 0 Å². The molecule has 1 heterocycles. The Balaban J connectivity index is 2.11. The van der Waals surface area contributed by atoms with Gasteiger partial charge in [-0.05, 0) is 45.9 Å². The average Bonchev–Trinajstić information content (AvgIpc) is 2.49. The number of nitrogens with zero attached hydrogens (tertiary/aromatic N) is 1. The molecule has 2 N–H and O–H groups in total. The van der Waals surface area contributed by atoms with Gasteiger partial charge >= 0.3 is 6.09 Å². The number of hydrogen-bond donors (Lipinski definition) is 2. The van der Waals surface area contributed by atoms with Crippen LogP contribution in [-0.4, -0.2) is 47.7 Å². The monoisotopic (exact) mass is 490 g/mol. The number of carbonyl (C=O) groups excluding carboxylic acids is 1. The summed E-state index contributed by atoms with van der Waals surface area (Å²) in [5, 5.41) is 12.3. The number of aliphatic hydroxyl groups excluding tert-OH is 1. The van der Waals surface area contributed by atoms with Gasteiger partial charge in [-0.15, -0.1) is 0 Å². The molecular formula is C19H24BrFN2O5S. The van der Waals surface area contributed by atoms with E-state index in [1.807, 2.05) is 0 Å². The van der Waals surface area contributed by atoms with Crippen molar-refractivity contribution in [1.82, 2.24) is 5.32 Å². The van der Waals surface area contributed by atoms with Gasteiger partial charge < -0.3 is 9.84 Å². The second-order valence-corrected chi connectivity index (χ2v) is 12.0. The molecule has 2 aliphatic rings. The lowest BCUT2D eigenvalue weighted by Gasteiger charge is -2.49. The van der Waals surface area contributed by atoms with Crippen molar-refractivity contribution < 1.29 is 27.4 Å². The number of ether oxygens (including phenoxy) is 1. The molecule has 1 atom stereocenters. The van der Waals surface area contributed by atoms with Crippen LogP contribution in [0, 0.1) is 5.82 Å². The van der Waals surface area contributed by atoms with Gasteiger partial charge in [0.05, 0.1) is 11.9 Å². The molecular weight excluding hydrogens is 467 g/mol. The summed E-state index contributed by atoms with van der Waals surface area (Å²) in [5.41, 5.74) is -2.17. The number of benzene rings is 1. The summed E-state index contributed by atoms with van der Waals surface area (Å²) in [7, 11) is -3.89. The summed E-state index contributed by atoms with van der Waals surface area (Å²) < 4.78 is 45.4. The van der Waals surface area contributed by atoms with Crippen LogP contribution in [0.5, 0.6) is 0 Å². The van der Waals surface area contributed by atoms with Crippen molar-refractivity contribution in [3.8, 4) is 0 Å². The molecule has 1 aromatic rings. The van der Waals surface area contributed by atoms with Crippen LogP contribution in [0.2, 0.25) is 0 Å². The summed E-state index contributed by atoms with van der Waals surface area (Å²) in [6, 6.07) is 4.21. The molecule has 0 unspecified atom stereocenters. The number of alkyl carbamates (subject to hydrolysis) is 1. The SMILES string of the molecule is CC(C)(C)OC(=O)NC1=N[C@](C)(c2cc(Br)ccc2F)CS(=O)(=O)C12CC(O)C2. The van der Waals surface area contributed by atoms with Crippen LogP contribution in [0.4, 0.5) is 9.18 Å². The molecule has 0 saturated heterocycles. The predicted molar refractivity (Wildman–Crippen MR) is 110 cm³/mol. The molecule has 1 saturated carbocycles. The second-order valence-electron chi connectivity index (χ2n) is 8.80. The normalized spacial score (nSPS) is 31.0. The maximum absolute atomic E-state index is 14.6. The standard InChI is InChI=1S/C19H24BrFN2O5S/c1-17(2,3)28-16(25)22-15-19(8-12(24)9-19)29(26,27)10-18(4,23-15)13-7-11(20)5-6-14(13)21/h5-7,12,24H,8-10H2,1-4H3,(H,22,23,25)/t12?,18-,19?/m0/s1. The molecule has 1 amide bonds. The predicted octanol–water partition coefficient (Wildman–Crippen LogP) is 3.05. The van der Waals surface area contributed by atoms with Crippen molar-refractivity contribution in [3.05, 3.63) is 34.1 Å². The Labute approximate surface area is 177 Å². The van der Waals surface area contributed by atoms with Gasteiger partial charge in [0.15, 0.2) is 9.84 Å². The van der Waals surface area contributed by atoms with Gasteiger partial charge in [-0.3, -0.25) is 10.3 Å². The summed E-state index contributed by atoms with van der Waals surface area (Å²) in [6.45, 7) is 6.54. The molecule has 160 valence electrons. The van der Waals surface area contributed by atoms with E-state index >= 15 is 0 Å². The largest absolute Gasteiger partial charge is 0.444 e. The highest BCUT2D eigenvalue weighted by Crippen LogP contribution is 2.48. The average molecular weight is 491 g/mol. The minimum Gasteiger partial charge on any atom is -0.444 e. The van der Waals surface area contributed by atoms with Gasteiger partial charge in [-0.2, -0.15) is 0 Å². The van der Waals surface area contributed by atoms with E-state index in [9.17, 15) is 22.7 Å². The first kappa shape index (κ1) is 22.2. The molecule has 1 aromatic carbocycles. The van der Waals surface area contributed by atoms with Gasteiger partial charge in [-0.25, -0.2) is 17.6 Å². The van der Waals surface area contributed by atoms with Crippen molar-refractivity contribution in [2.75, 3.05) is 5.75 Å². The van der Waals surface area contributed by atoms with Crippen LogP contribution in [0.1, 0.15) is 46.1 Å². The van der Waals surface area contributed by atoms with Crippen molar-refractivity contribution >= 4 is 37.7 Å². The molecule has 0 radical (unpaired) electrons. The first-order valence-electron chi connectivity index (χ1n) is 9.14. The number of carbonyl (C=O) groups is 1. The number of nitrogens with one attached hydrogen (secondary N) is 1. The highest BCUT2D eigenvalue weighted by molar-refractivity contribution is 9.10. The number of sulfone groups is 1. The molecule has 10 heteroatoms. The maximum Gasteiger partial charge on any atom is 0.413 e. The molecule has 1 aliphatic carbocycles. The fraction of sp³-hybridized carbons (Fsp3) is 0.579. The Morgan fingerprint density at radius 1 is 1.38 bits per heavy atom. The smallest absolute Gasteiger partial charge is 0.413 e. The minimum atomic E-state index is -3.89. The Morgan fingerprint density at radius 3 is 2.55 bits per heavy atom. The number of hydrogen-bond acceptors (Lipinski definition) is 6. The number of halogens is 2. The number of aliphatic hydroxyl groups is 1. The fourth-order valence-electron chi connectivity index (χ4n) is 3.78.